The van der Waals surface area contributed by atoms with E-state index in [1.165, 1.54) is 23.2 Å². The van der Waals surface area contributed by atoms with E-state index in [9.17, 15) is 13.2 Å². The van der Waals surface area contributed by atoms with Crippen molar-refractivity contribution >= 4 is 50.4 Å². The van der Waals surface area contributed by atoms with Crippen LogP contribution in [-0.4, -0.2) is 50.9 Å². The van der Waals surface area contributed by atoms with Crippen molar-refractivity contribution in [3.8, 4) is 10.6 Å². The number of imidazole rings is 1. The molecule has 2 aliphatic heterocycles. The number of halogens is 1. The first kappa shape index (κ1) is 22.4. The van der Waals surface area contributed by atoms with Crippen molar-refractivity contribution in [1.82, 2.24) is 14.3 Å². The fourth-order valence-corrected chi connectivity index (χ4v) is 8.00. The summed E-state index contributed by atoms with van der Waals surface area (Å²) in [5.74, 6) is 0.0914. The molecule has 5 rings (SSSR count). The normalized spacial score (nSPS) is 26.1. The number of thiophene rings is 1. The van der Waals surface area contributed by atoms with E-state index in [0.717, 1.165) is 16.2 Å². The molecule has 8 nitrogen and oxygen atoms in total. The van der Waals surface area contributed by atoms with Crippen molar-refractivity contribution in [3.05, 3.63) is 46.6 Å². The van der Waals surface area contributed by atoms with Crippen molar-refractivity contribution in [2.45, 2.75) is 50.6 Å². The van der Waals surface area contributed by atoms with Gasteiger partial charge in [-0.25, -0.2) is 13.4 Å². The molecule has 2 aliphatic rings. The van der Waals surface area contributed by atoms with Crippen LogP contribution in [0.4, 0.5) is 4.79 Å². The lowest BCUT2D eigenvalue weighted by Gasteiger charge is -2.24. The molecule has 1 fully saturated rings. The van der Waals surface area contributed by atoms with Crippen LogP contribution in [0.15, 0.2) is 36.7 Å². The van der Waals surface area contributed by atoms with Gasteiger partial charge >= 0.3 is 16.8 Å². The van der Waals surface area contributed by atoms with Crippen molar-refractivity contribution in [3.63, 3.8) is 0 Å². The van der Waals surface area contributed by atoms with E-state index >= 15 is 0 Å². The summed E-state index contributed by atoms with van der Waals surface area (Å²) < 4.78 is 34.1. The van der Waals surface area contributed by atoms with Gasteiger partial charge in [0.25, 0.3) is 0 Å². The molecule has 2 unspecified atom stereocenters. The van der Waals surface area contributed by atoms with Gasteiger partial charge in [0.05, 0.1) is 20.5 Å². The second-order valence-electron chi connectivity index (χ2n) is 9.74. The third-order valence-corrected chi connectivity index (χ3v) is 10.3. The lowest BCUT2D eigenvalue weighted by molar-refractivity contribution is -0.551. The number of aromatic nitrogens is 2. The molecule has 0 spiro atoms. The zero-order valence-electron chi connectivity index (χ0n) is 18.8. The predicted molar refractivity (Wildman–Crippen MR) is 127 cm³/mol. The van der Waals surface area contributed by atoms with Crippen LogP contribution in [0, 0.1) is 0 Å². The number of fused-ring (bicyclic) bond motifs is 2. The number of ether oxygens (including phenoxy) is 1. The summed E-state index contributed by atoms with van der Waals surface area (Å²) in [7, 11) is -3.73. The van der Waals surface area contributed by atoms with Crippen molar-refractivity contribution in [2.75, 3.05) is 5.75 Å². The topological polar surface area (TPSA) is 94.7 Å². The van der Waals surface area contributed by atoms with Crippen LogP contribution in [0.1, 0.15) is 39.5 Å². The van der Waals surface area contributed by atoms with Crippen LogP contribution >= 0.6 is 22.9 Å². The molecule has 0 aromatic carbocycles. The second-order valence-corrected chi connectivity index (χ2v) is 13.5. The van der Waals surface area contributed by atoms with Crippen LogP contribution in [0.2, 0.25) is 5.02 Å². The number of nitrogens with one attached hydrogen (secondary N) is 1. The molecule has 0 aliphatic carbocycles. The number of pyridine rings is 1. The van der Waals surface area contributed by atoms with Crippen molar-refractivity contribution in [1.29, 1.82) is 0 Å². The number of carbonyl (C=O) groups excluding carboxylic acids is 1. The first-order valence-electron chi connectivity index (χ1n) is 10.4. The molecule has 2 atom stereocenters. The highest BCUT2D eigenvalue weighted by Gasteiger charge is 2.82. The van der Waals surface area contributed by atoms with Gasteiger partial charge in [-0.05, 0) is 45.9 Å². The Morgan fingerprint density at radius 3 is 2.70 bits per heavy atom. The van der Waals surface area contributed by atoms with Crippen LogP contribution in [0.3, 0.4) is 0 Å². The second kappa shape index (κ2) is 6.80. The van der Waals surface area contributed by atoms with Crippen LogP contribution in [-0.2, 0) is 20.1 Å². The molecule has 3 aromatic rings. The Hall–Kier alpha value is -2.43. The molecule has 33 heavy (non-hydrogen) atoms. The highest BCUT2D eigenvalue weighted by atomic mass is 35.5. The van der Waals surface area contributed by atoms with E-state index in [4.69, 9.17) is 16.3 Å². The molecular weight excluding hydrogens is 484 g/mol. The Bertz CT molecular complexity index is 1420. The van der Waals surface area contributed by atoms with Crippen molar-refractivity contribution < 1.29 is 22.9 Å². The van der Waals surface area contributed by atoms with Gasteiger partial charge in [0, 0.05) is 19.3 Å². The fraction of sp³-hybridized carbons (Fsp3) is 0.409. The number of carbonyl (C=O) groups is 1. The van der Waals surface area contributed by atoms with Gasteiger partial charge in [-0.2, -0.15) is 4.79 Å². The first-order chi connectivity index (χ1) is 15.3. The number of nitrogens with zero attached hydrogens (tertiary/aromatic N) is 3. The molecule has 5 heterocycles. The van der Waals surface area contributed by atoms with E-state index in [-0.39, 0.29) is 5.75 Å². The number of amides is 1. The maximum absolute atomic E-state index is 13.4. The van der Waals surface area contributed by atoms with Gasteiger partial charge in [0.15, 0.2) is 5.54 Å². The van der Waals surface area contributed by atoms with Gasteiger partial charge in [0.2, 0.25) is 9.84 Å². The summed E-state index contributed by atoms with van der Waals surface area (Å²) >= 11 is 8.01. The number of amidine groups is 1. The molecular formula is C22H24ClN4O4S2+. The Kier molecular flexibility index (Phi) is 4.61. The van der Waals surface area contributed by atoms with E-state index < -0.39 is 31.9 Å². The highest BCUT2D eigenvalue weighted by molar-refractivity contribution is 7.94. The Morgan fingerprint density at radius 2 is 2.03 bits per heavy atom. The molecule has 11 heteroatoms. The standard InChI is InChI=1S/C22H23ClN4O4S2/c1-20(2,3)31-19(28)27-18-22(27,5)33(29,30)12-21(4,25-18)17-13(23)10-15(32-17)14-11-26-9-7-6-8-16(26)24-14/h6-11H,12H2,1-5H3/p+1. The highest BCUT2D eigenvalue weighted by Crippen LogP contribution is 2.46. The molecule has 0 bridgehead atoms. The minimum Gasteiger partial charge on any atom is -0.425 e. The van der Waals surface area contributed by atoms with Gasteiger partial charge in [-0.15, -0.1) is 16.2 Å². The maximum Gasteiger partial charge on any atom is 0.509 e. The largest absolute Gasteiger partial charge is 0.509 e. The maximum atomic E-state index is 13.4. The zero-order chi connectivity index (χ0) is 24.0. The SMILES string of the molecule is CC(C)(C)OC(=O)N1C2=[NH+]C(C)(c3sc(-c4cn5ccccc5n4)cc3Cl)CS(=O)(=O)C21C. The van der Waals surface area contributed by atoms with E-state index in [0.29, 0.717) is 15.7 Å². The number of rotatable bonds is 2. The average molecular weight is 508 g/mol. The number of hydrogen-bond donors (Lipinski definition) is 1. The summed E-state index contributed by atoms with van der Waals surface area (Å²) in [6.45, 7) is 8.52. The van der Waals surface area contributed by atoms with Crippen molar-refractivity contribution in [2.24, 2.45) is 0 Å². The first-order valence-corrected chi connectivity index (χ1v) is 13.2. The Morgan fingerprint density at radius 1 is 1.30 bits per heavy atom. The molecule has 3 aromatic heterocycles. The summed E-state index contributed by atoms with van der Waals surface area (Å²) in [5.41, 5.74) is -0.197. The summed E-state index contributed by atoms with van der Waals surface area (Å²) in [6, 6.07) is 7.55. The zero-order valence-corrected chi connectivity index (χ0v) is 21.2. The van der Waals surface area contributed by atoms with Crippen LogP contribution < -0.4 is 4.99 Å². The number of sulfone groups is 1. The lowest BCUT2D eigenvalue weighted by atomic mass is 10.0. The molecule has 1 amide bonds. The molecule has 1 N–H and O–H groups in total. The lowest BCUT2D eigenvalue weighted by Crippen LogP contribution is -2.87. The van der Waals surface area contributed by atoms with E-state index in [1.54, 1.807) is 33.8 Å². The quantitative estimate of drug-likeness (QED) is 0.538. The van der Waals surface area contributed by atoms with Crippen LogP contribution in [0.5, 0.6) is 0 Å². The van der Waals surface area contributed by atoms with E-state index in [1.807, 2.05) is 35.0 Å². The van der Waals surface area contributed by atoms with Gasteiger partial charge in [-0.1, -0.05) is 17.7 Å². The predicted octanol–water partition coefficient (Wildman–Crippen LogP) is 2.81. The summed E-state index contributed by atoms with van der Waals surface area (Å²) in [5, 5.41) is 0.450. The van der Waals surface area contributed by atoms with Gasteiger partial charge < -0.3 is 9.14 Å². The summed E-state index contributed by atoms with van der Waals surface area (Å²) in [6.07, 6.45) is 3.13. The monoisotopic (exact) mass is 507 g/mol. The van der Waals surface area contributed by atoms with Crippen LogP contribution in [0.25, 0.3) is 16.2 Å². The Balaban J connectivity index is 1.55. The van der Waals surface area contributed by atoms with Gasteiger partial charge in [0.1, 0.15) is 17.0 Å². The fourth-order valence-electron chi connectivity index (χ4n) is 4.21. The average Bonchev–Trinajstić information content (AvgIpc) is 3.01. The molecule has 174 valence electrons. The summed E-state index contributed by atoms with van der Waals surface area (Å²) in [4.78, 5) is 21.9. The molecule has 0 saturated carbocycles. The third kappa shape index (κ3) is 3.38. The third-order valence-electron chi connectivity index (χ3n) is 5.90. The number of hydrogen-bond acceptors (Lipinski definition) is 6. The minimum absolute atomic E-state index is 0.218. The molecule has 1 saturated heterocycles. The minimum atomic E-state index is -3.73. The van der Waals surface area contributed by atoms with Gasteiger partial charge in [-0.3, -0.25) is 4.99 Å². The Labute approximate surface area is 200 Å². The smallest absolute Gasteiger partial charge is 0.425 e. The van der Waals surface area contributed by atoms with E-state index in [2.05, 4.69) is 9.98 Å². The molecule has 0 radical (unpaired) electrons.